The van der Waals surface area contributed by atoms with Crippen molar-refractivity contribution >= 4 is 30.7 Å². The van der Waals surface area contributed by atoms with Gasteiger partial charge in [0.15, 0.2) is 5.03 Å². The van der Waals surface area contributed by atoms with E-state index in [0.717, 1.165) is 12.8 Å². The van der Waals surface area contributed by atoms with Crippen LogP contribution in [-0.2, 0) is 23.7 Å². The van der Waals surface area contributed by atoms with E-state index in [2.05, 4.69) is 50.2 Å². The number of guanidine groups is 1. The Balaban J connectivity index is 1.69. The van der Waals surface area contributed by atoms with Gasteiger partial charge >= 0.3 is 7.12 Å². The highest BCUT2D eigenvalue weighted by atomic mass is 16.7. The molecule has 224 valence electrons. The van der Waals surface area contributed by atoms with Gasteiger partial charge in [0, 0.05) is 19.4 Å². The molecule has 3 saturated carbocycles. The highest BCUT2D eigenvalue weighted by molar-refractivity contribution is 6.48. The molecule has 40 heavy (non-hydrogen) atoms. The summed E-state index contributed by atoms with van der Waals surface area (Å²) < 4.78 is 13.1. The summed E-state index contributed by atoms with van der Waals surface area (Å²) in [6.07, 6.45) is 3.23. The Bertz CT molecular complexity index is 1010. The fourth-order valence-corrected chi connectivity index (χ4v) is 6.55. The van der Waals surface area contributed by atoms with Crippen LogP contribution in [0, 0.1) is 33.3 Å². The number of hydrogen-bond acceptors (Lipinski definition) is 8. The van der Waals surface area contributed by atoms with Gasteiger partial charge in [0.2, 0.25) is 11.8 Å². The lowest BCUT2D eigenvalue weighted by atomic mass is 9.43. The third-order valence-electron chi connectivity index (χ3n) is 8.85. The second-order valence-corrected chi connectivity index (χ2v) is 12.7. The van der Waals surface area contributed by atoms with E-state index in [1.807, 2.05) is 0 Å². The van der Waals surface area contributed by atoms with Crippen molar-refractivity contribution in [3.63, 3.8) is 0 Å². The van der Waals surface area contributed by atoms with Crippen LogP contribution in [0.5, 0.6) is 0 Å². The van der Waals surface area contributed by atoms with Gasteiger partial charge < -0.3 is 30.5 Å². The Morgan fingerprint density at radius 1 is 1.18 bits per heavy atom. The first-order valence-corrected chi connectivity index (χ1v) is 14.3. The van der Waals surface area contributed by atoms with Gasteiger partial charge in [0.05, 0.1) is 17.6 Å². The molecule has 0 aromatic rings. The van der Waals surface area contributed by atoms with E-state index in [1.165, 1.54) is 6.92 Å². The van der Waals surface area contributed by atoms with Crippen LogP contribution in [0.25, 0.3) is 0 Å². The molecule has 1 aliphatic heterocycles. The normalized spacial score (nSPS) is 28.2. The lowest BCUT2D eigenvalue weighted by molar-refractivity contribution is -0.525. The molecule has 1 saturated heterocycles. The number of carbonyl (C=O) groups is 3. The van der Waals surface area contributed by atoms with Gasteiger partial charge in [-0.15, -0.1) is 0 Å². The lowest BCUT2D eigenvalue weighted by Crippen LogP contribution is -2.65. The predicted octanol–water partition coefficient (Wildman–Crippen LogP) is 1.52. The van der Waals surface area contributed by atoms with E-state index < -0.39 is 35.6 Å². The fraction of sp³-hybridized carbons (Fsp3) is 0.846. The van der Waals surface area contributed by atoms with E-state index in [1.54, 1.807) is 5.43 Å². The number of hydrogen-bond donors (Lipinski definition) is 4. The number of hydrazine groups is 1. The fourth-order valence-electron chi connectivity index (χ4n) is 6.55. The van der Waals surface area contributed by atoms with Crippen molar-refractivity contribution in [3.8, 4) is 0 Å². The first-order valence-electron chi connectivity index (χ1n) is 14.3. The molecule has 14 heteroatoms. The summed E-state index contributed by atoms with van der Waals surface area (Å²) in [5.74, 6) is -0.472. The molecule has 3 aliphatic carbocycles. The summed E-state index contributed by atoms with van der Waals surface area (Å²) >= 11 is 0. The zero-order valence-corrected chi connectivity index (χ0v) is 24.5. The number of nitrogens with one attached hydrogen (secondary N) is 3. The van der Waals surface area contributed by atoms with Crippen molar-refractivity contribution in [2.75, 3.05) is 6.54 Å². The molecule has 1 heterocycles. The molecule has 0 aromatic carbocycles. The number of amides is 2. The maximum Gasteiger partial charge on any atom is 0.481 e. The van der Waals surface area contributed by atoms with Crippen LogP contribution >= 0.6 is 0 Å². The molecule has 2 bridgehead atoms. The van der Waals surface area contributed by atoms with E-state index in [-0.39, 0.29) is 60.9 Å². The number of nitro groups is 1. The van der Waals surface area contributed by atoms with Crippen LogP contribution in [0.1, 0.15) is 86.5 Å². The summed E-state index contributed by atoms with van der Waals surface area (Å²) in [6, 6.07) is -0.903. The average Bonchev–Trinajstić information content (AvgIpc) is 3.20. The van der Waals surface area contributed by atoms with E-state index >= 15 is 0 Å². The molecule has 5 N–H and O–H groups in total. The second-order valence-electron chi connectivity index (χ2n) is 12.7. The molecule has 4 fully saturated rings. The zero-order valence-electron chi connectivity index (χ0n) is 24.5. The molecule has 0 aromatic heterocycles. The van der Waals surface area contributed by atoms with Crippen LogP contribution in [0.2, 0.25) is 0 Å². The molecule has 4 rings (SSSR count). The summed E-state index contributed by atoms with van der Waals surface area (Å²) in [5.41, 5.74) is 7.00. The van der Waals surface area contributed by atoms with Crippen molar-refractivity contribution in [2.45, 2.75) is 110 Å². The predicted molar refractivity (Wildman–Crippen MR) is 149 cm³/mol. The van der Waals surface area contributed by atoms with Gasteiger partial charge in [-0.3, -0.25) is 9.59 Å². The number of carbonyl (C=O) groups excluding carboxylic acids is 3. The Kier molecular flexibility index (Phi) is 10.2. The summed E-state index contributed by atoms with van der Waals surface area (Å²) in [7, 11) is -0.608. The third-order valence-corrected chi connectivity index (χ3v) is 8.85. The van der Waals surface area contributed by atoms with Crippen molar-refractivity contribution in [3.05, 3.63) is 10.1 Å². The lowest BCUT2D eigenvalue weighted by Gasteiger charge is -2.64. The number of ketones is 1. The smallest absolute Gasteiger partial charge is 0.404 e. The standard InChI is InChI=1S/C26H45BN6O7/c1-15(2)12-21(27-39-20-14-17-13-19(25(17,4)5)26(20,6)40-27)31-23(36)18(30-22(35)10-9-16(3)34)8-7-11-29-24(28)32-33(37)38/h15,17-21H,7-14H2,1-6H3,(H,30,35)(H,31,36)(H3,28,29,32)/t17-,18-,19-,20+,21-,26-/m0/s1. The van der Waals surface area contributed by atoms with E-state index in [0.29, 0.717) is 24.7 Å². The molecular weight excluding hydrogens is 519 g/mol. The number of aliphatic imine (C=N–C) groups is 1. The van der Waals surface area contributed by atoms with Crippen LogP contribution in [0.15, 0.2) is 4.99 Å². The monoisotopic (exact) mass is 564 g/mol. The molecule has 2 amide bonds. The van der Waals surface area contributed by atoms with Crippen LogP contribution in [0.3, 0.4) is 0 Å². The molecule has 0 unspecified atom stereocenters. The van der Waals surface area contributed by atoms with Crippen molar-refractivity contribution < 1.29 is 28.7 Å². The largest absolute Gasteiger partial charge is 0.481 e. The zero-order chi connectivity index (χ0) is 29.8. The summed E-state index contributed by atoms with van der Waals surface area (Å²) in [6.45, 7) is 12.4. The van der Waals surface area contributed by atoms with Crippen molar-refractivity contribution in [2.24, 2.45) is 33.9 Å². The van der Waals surface area contributed by atoms with Gasteiger partial charge in [-0.2, -0.15) is 0 Å². The first-order chi connectivity index (χ1) is 18.6. The highest BCUT2D eigenvalue weighted by Gasteiger charge is 2.68. The van der Waals surface area contributed by atoms with E-state index in [9.17, 15) is 24.5 Å². The van der Waals surface area contributed by atoms with Gasteiger partial charge in [-0.25, -0.2) is 15.1 Å². The molecule has 6 atom stereocenters. The van der Waals surface area contributed by atoms with Crippen LogP contribution < -0.4 is 21.8 Å². The second kappa shape index (κ2) is 12.8. The van der Waals surface area contributed by atoms with Crippen LogP contribution in [-0.4, -0.2) is 65.9 Å². The Morgan fingerprint density at radius 2 is 1.88 bits per heavy atom. The maximum atomic E-state index is 13.5. The quantitative estimate of drug-likeness (QED) is 0.0606. The third kappa shape index (κ3) is 7.51. The number of nitrogens with two attached hydrogens (primary N) is 1. The first kappa shape index (κ1) is 31.8. The van der Waals surface area contributed by atoms with Gasteiger partial charge in [-0.05, 0) is 69.1 Å². The number of rotatable bonds is 14. The summed E-state index contributed by atoms with van der Waals surface area (Å²) in [4.78, 5) is 51.8. The topological polar surface area (TPSA) is 187 Å². The van der Waals surface area contributed by atoms with E-state index in [4.69, 9.17) is 15.0 Å². The average molecular weight is 564 g/mol. The minimum Gasteiger partial charge on any atom is -0.404 e. The number of nitrogens with zero attached hydrogens (tertiary/aromatic N) is 2. The van der Waals surface area contributed by atoms with Gasteiger partial charge in [0.1, 0.15) is 11.8 Å². The van der Waals surface area contributed by atoms with Gasteiger partial charge in [-0.1, -0.05) is 33.1 Å². The molecular formula is C26H45BN6O7. The Morgan fingerprint density at radius 3 is 2.48 bits per heavy atom. The van der Waals surface area contributed by atoms with Gasteiger partial charge in [0.25, 0.3) is 5.96 Å². The molecule has 0 radical (unpaired) electrons. The van der Waals surface area contributed by atoms with Crippen molar-refractivity contribution in [1.29, 1.82) is 0 Å². The molecule has 0 spiro atoms. The Labute approximate surface area is 236 Å². The van der Waals surface area contributed by atoms with Crippen LogP contribution in [0.4, 0.5) is 0 Å². The maximum absolute atomic E-state index is 13.5. The SMILES string of the molecule is CC(=O)CCC(=O)N[C@@H](CCCN=C(N)N[N+](=O)[O-])C(=O)N[C@@H](CC(C)C)B1O[C@@H]2C[C@@H]3C[C@@H](C3(C)C)[C@]2(C)O1. The molecule has 13 nitrogen and oxygen atoms in total. The highest BCUT2D eigenvalue weighted by Crippen LogP contribution is 2.65. The minimum absolute atomic E-state index is 0.0282. The Hall–Kier alpha value is -2.74. The van der Waals surface area contributed by atoms with Crippen molar-refractivity contribution in [1.82, 2.24) is 16.1 Å². The molecule has 4 aliphatic rings. The number of Topliss-reactive ketones (excluding diaryl/α,β-unsaturated/α-hetero) is 1. The summed E-state index contributed by atoms with van der Waals surface area (Å²) in [5, 5.41) is 15.5. The minimum atomic E-state index is -0.903.